The Labute approximate surface area is 114 Å². The topological polar surface area (TPSA) is 42.7 Å². The summed E-state index contributed by atoms with van der Waals surface area (Å²) in [6.07, 6.45) is 6.63. The number of imidazole rings is 1. The van der Waals surface area contributed by atoms with Crippen LogP contribution in [0.5, 0.6) is 0 Å². The van der Waals surface area contributed by atoms with Crippen molar-refractivity contribution in [3.05, 3.63) is 24.2 Å². The molecular formula is C15H22N4. The first-order valence-corrected chi connectivity index (χ1v) is 7.25. The minimum atomic E-state index is 0.232. The van der Waals surface area contributed by atoms with Crippen molar-refractivity contribution >= 4 is 11.2 Å². The second-order valence-electron chi connectivity index (χ2n) is 5.62. The van der Waals surface area contributed by atoms with Crippen molar-refractivity contribution in [1.29, 1.82) is 0 Å². The van der Waals surface area contributed by atoms with Crippen molar-refractivity contribution in [3.8, 4) is 0 Å². The van der Waals surface area contributed by atoms with Gasteiger partial charge in [-0.3, -0.25) is 0 Å². The van der Waals surface area contributed by atoms with Crippen LogP contribution in [-0.2, 0) is 12.5 Å². The summed E-state index contributed by atoms with van der Waals surface area (Å²) in [5.41, 5.74) is 2.26. The Hall–Kier alpha value is -1.42. The van der Waals surface area contributed by atoms with Gasteiger partial charge in [-0.15, -0.1) is 0 Å². The molecular weight excluding hydrogens is 236 g/mol. The molecule has 1 saturated heterocycles. The highest BCUT2D eigenvalue weighted by atomic mass is 15.1. The van der Waals surface area contributed by atoms with Crippen molar-refractivity contribution in [2.75, 3.05) is 13.1 Å². The second kappa shape index (κ2) is 4.93. The van der Waals surface area contributed by atoms with Gasteiger partial charge in [0, 0.05) is 18.7 Å². The van der Waals surface area contributed by atoms with Crippen LogP contribution in [0.15, 0.2) is 18.3 Å². The molecule has 3 heterocycles. The molecule has 0 atom stereocenters. The Balaban J connectivity index is 2.11. The zero-order chi connectivity index (χ0) is 13.3. The van der Waals surface area contributed by atoms with Crippen molar-refractivity contribution in [2.45, 2.75) is 38.0 Å². The second-order valence-corrected chi connectivity index (χ2v) is 5.62. The maximum atomic E-state index is 4.90. The van der Waals surface area contributed by atoms with E-state index in [0.29, 0.717) is 0 Å². The molecule has 1 aliphatic heterocycles. The van der Waals surface area contributed by atoms with Crippen LogP contribution in [0.4, 0.5) is 0 Å². The van der Waals surface area contributed by atoms with Crippen LogP contribution in [0.3, 0.4) is 0 Å². The third-order valence-corrected chi connectivity index (χ3v) is 4.39. The molecule has 1 N–H and O–H groups in total. The Morgan fingerprint density at radius 3 is 2.84 bits per heavy atom. The van der Waals surface area contributed by atoms with Gasteiger partial charge in [0.15, 0.2) is 5.65 Å². The molecule has 0 amide bonds. The van der Waals surface area contributed by atoms with Gasteiger partial charge in [-0.2, -0.15) is 0 Å². The number of pyridine rings is 1. The summed E-state index contributed by atoms with van der Waals surface area (Å²) in [4.78, 5) is 9.37. The standard InChI is InChI=1S/C15H22N4/c1-3-6-15(7-10-16-11-8-15)14-18-12-5-4-9-17-13(12)19(14)2/h4-5,9,16H,3,6-8,10-11H2,1-2H3. The normalized spacial score (nSPS) is 18.8. The average Bonchev–Trinajstić information content (AvgIpc) is 2.79. The van der Waals surface area contributed by atoms with Gasteiger partial charge in [-0.05, 0) is 44.5 Å². The van der Waals surface area contributed by atoms with Gasteiger partial charge in [0.1, 0.15) is 11.3 Å². The lowest BCUT2D eigenvalue weighted by Gasteiger charge is -2.37. The fraction of sp³-hybridized carbons (Fsp3) is 0.600. The summed E-state index contributed by atoms with van der Waals surface area (Å²) in [6.45, 7) is 4.46. The maximum absolute atomic E-state index is 4.90. The van der Waals surface area contributed by atoms with Crippen molar-refractivity contribution < 1.29 is 0 Å². The molecule has 0 spiro atoms. The smallest absolute Gasteiger partial charge is 0.159 e. The van der Waals surface area contributed by atoms with Crippen LogP contribution in [0.25, 0.3) is 11.2 Å². The molecule has 4 heteroatoms. The molecule has 2 aromatic heterocycles. The number of aromatic nitrogens is 3. The number of aryl methyl sites for hydroxylation is 1. The molecule has 4 nitrogen and oxygen atoms in total. The van der Waals surface area contributed by atoms with E-state index in [9.17, 15) is 0 Å². The number of piperidine rings is 1. The lowest BCUT2D eigenvalue weighted by atomic mass is 9.74. The lowest BCUT2D eigenvalue weighted by Crippen LogP contribution is -2.41. The van der Waals surface area contributed by atoms with Crippen molar-refractivity contribution in [1.82, 2.24) is 19.9 Å². The Morgan fingerprint density at radius 2 is 2.16 bits per heavy atom. The highest BCUT2D eigenvalue weighted by Crippen LogP contribution is 2.38. The minimum absolute atomic E-state index is 0.232. The third kappa shape index (κ3) is 2.04. The van der Waals surface area contributed by atoms with Crippen LogP contribution in [-0.4, -0.2) is 27.6 Å². The summed E-state index contributed by atoms with van der Waals surface area (Å²) in [5, 5.41) is 3.47. The SMILES string of the molecule is CCCC1(c2nc3cccnc3n2C)CCNCC1. The van der Waals surface area contributed by atoms with Crippen LogP contribution >= 0.6 is 0 Å². The van der Waals surface area contributed by atoms with E-state index in [1.807, 2.05) is 12.3 Å². The zero-order valence-electron chi connectivity index (χ0n) is 11.8. The van der Waals surface area contributed by atoms with E-state index >= 15 is 0 Å². The maximum Gasteiger partial charge on any atom is 0.159 e. The number of hydrogen-bond acceptors (Lipinski definition) is 3. The van der Waals surface area contributed by atoms with E-state index in [1.165, 1.54) is 31.5 Å². The molecule has 0 saturated carbocycles. The summed E-state index contributed by atoms with van der Waals surface area (Å²) in [7, 11) is 2.11. The molecule has 102 valence electrons. The predicted molar refractivity (Wildman–Crippen MR) is 77.2 cm³/mol. The van der Waals surface area contributed by atoms with E-state index in [2.05, 4.69) is 34.9 Å². The quantitative estimate of drug-likeness (QED) is 0.919. The minimum Gasteiger partial charge on any atom is -0.317 e. The van der Waals surface area contributed by atoms with E-state index in [0.717, 1.165) is 24.3 Å². The molecule has 0 aromatic carbocycles. The van der Waals surface area contributed by atoms with Crippen LogP contribution < -0.4 is 5.32 Å². The Morgan fingerprint density at radius 1 is 1.37 bits per heavy atom. The monoisotopic (exact) mass is 258 g/mol. The summed E-state index contributed by atoms with van der Waals surface area (Å²) in [5.74, 6) is 1.23. The molecule has 0 unspecified atom stereocenters. The highest BCUT2D eigenvalue weighted by Gasteiger charge is 2.37. The number of nitrogens with zero attached hydrogens (tertiary/aromatic N) is 3. The van der Waals surface area contributed by atoms with E-state index in [1.54, 1.807) is 0 Å². The molecule has 1 fully saturated rings. The predicted octanol–water partition coefficient (Wildman–Crippen LogP) is 2.39. The summed E-state index contributed by atoms with van der Waals surface area (Å²) < 4.78 is 2.20. The van der Waals surface area contributed by atoms with Crippen molar-refractivity contribution in [2.24, 2.45) is 7.05 Å². The van der Waals surface area contributed by atoms with Gasteiger partial charge in [-0.25, -0.2) is 9.97 Å². The van der Waals surface area contributed by atoms with E-state index in [4.69, 9.17) is 4.98 Å². The van der Waals surface area contributed by atoms with Crippen LogP contribution in [0.1, 0.15) is 38.4 Å². The Bertz CT molecular complexity index is 561. The largest absolute Gasteiger partial charge is 0.317 e. The van der Waals surface area contributed by atoms with Gasteiger partial charge in [0.05, 0.1) is 0 Å². The molecule has 1 aliphatic rings. The molecule has 3 rings (SSSR count). The van der Waals surface area contributed by atoms with E-state index < -0.39 is 0 Å². The zero-order valence-corrected chi connectivity index (χ0v) is 11.8. The lowest BCUT2D eigenvalue weighted by molar-refractivity contribution is 0.266. The number of hydrogen-bond donors (Lipinski definition) is 1. The van der Waals surface area contributed by atoms with Crippen LogP contribution in [0, 0.1) is 0 Å². The molecule has 0 aliphatic carbocycles. The van der Waals surface area contributed by atoms with Gasteiger partial charge in [0.25, 0.3) is 0 Å². The first-order chi connectivity index (χ1) is 9.27. The third-order valence-electron chi connectivity index (χ3n) is 4.39. The number of fused-ring (bicyclic) bond motifs is 1. The average molecular weight is 258 g/mol. The van der Waals surface area contributed by atoms with E-state index in [-0.39, 0.29) is 5.41 Å². The molecule has 0 radical (unpaired) electrons. The van der Waals surface area contributed by atoms with Gasteiger partial charge >= 0.3 is 0 Å². The fourth-order valence-corrected chi connectivity index (χ4v) is 3.47. The molecule has 2 aromatic rings. The number of nitrogens with one attached hydrogen (secondary N) is 1. The van der Waals surface area contributed by atoms with Crippen molar-refractivity contribution in [3.63, 3.8) is 0 Å². The van der Waals surface area contributed by atoms with Gasteiger partial charge in [0.2, 0.25) is 0 Å². The first-order valence-electron chi connectivity index (χ1n) is 7.25. The van der Waals surface area contributed by atoms with Gasteiger partial charge in [-0.1, -0.05) is 13.3 Å². The fourth-order valence-electron chi connectivity index (χ4n) is 3.47. The number of rotatable bonds is 3. The van der Waals surface area contributed by atoms with Gasteiger partial charge < -0.3 is 9.88 Å². The summed E-state index contributed by atoms with van der Waals surface area (Å²) in [6, 6.07) is 4.03. The summed E-state index contributed by atoms with van der Waals surface area (Å²) >= 11 is 0. The molecule has 19 heavy (non-hydrogen) atoms. The molecule has 0 bridgehead atoms. The Kier molecular flexibility index (Phi) is 3.27. The van der Waals surface area contributed by atoms with Crippen LogP contribution in [0.2, 0.25) is 0 Å². The first kappa shape index (κ1) is 12.6. The highest BCUT2D eigenvalue weighted by molar-refractivity contribution is 5.71.